The Hall–Kier alpha value is -3.48. The summed E-state index contributed by atoms with van der Waals surface area (Å²) >= 11 is 0.303. The van der Waals surface area contributed by atoms with E-state index in [1.165, 1.54) is 40.1 Å². The molecule has 0 radical (unpaired) electrons. The van der Waals surface area contributed by atoms with Gasteiger partial charge in [-0.25, -0.2) is 0 Å². The summed E-state index contributed by atoms with van der Waals surface area (Å²) in [4.78, 5) is 18.9. The summed E-state index contributed by atoms with van der Waals surface area (Å²) in [5.41, 5.74) is 4.75. The molecule has 0 fully saturated rings. The van der Waals surface area contributed by atoms with Crippen molar-refractivity contribution in [1.82, 2.24) is 10.6 Å². The molecule has 5 rings (SSSR count). The Kier molecular flexibility index (Phi) is 13.3. The van der Waals surface area contributed by atoms with Crippen LogP contribution in [0.4, 0.5) is 0 Å². The number of rotatable bonds is 0. The third kappa shape index (κ3) is 10.3. The van der Waals surface area contributed by atoms with Gasteiger partial charge in [0, 0.05) is 0 Å². The van der Waals surface area contributed by atoms with Crippen LogP contribution in [0.25, 0.3) is 0 Å². The molecule has 4 aromatic carbocycles. The van der Waals surface area contributed by atoms with Crippen molar-refractivity contribution in [3.8, 4) is 0 Å². The van der Waals surface area contributed by atoms with Gasteiger partial charge in [-0.3, -0.25) is 0 Å². The van der Waals surface area contributed by atoms with Crippen molar-refractivity contribution in [3.05, 3.63) is 119 Å². The van der Waals surface area contributed by atoms with Crippen LogP contribution < -0.4 is 28.5 Å². The van der Waals surface area contributed by atoms with Gasteiger partial charge in [0.2, 0.25) is 0 Å². The van der Waals surface area contributed by atoms with Crippen molar-refractivity contribution in [2.45, 2.75) is 0 Å². The zero-order chi connectivity index (χ0) is 30.1. The molecule has 1 aliphatic heterocycles. The first-order chi connectivity index (χ1) is 21.9. The molecule has 0 aromatic heterocycles. The molecule has 0 saturated carbocycles. The Morgan fingerprint density at radius 2 is 0.614 bits per heavy atom. The molecule has 1 aliphatic rings. The fourth-order valence-electron chi connectivity index (χ4n) is 4.43. The standard InChI is InChI=1S/C36H38N6Se2/c1-5-13-33-29(9-1)25-39-21-17-37-18-22-41-27-31-11-3-7-15-35(31)44-36-16-8-4-12-32(36)28-42-24-20-38-19-23-40-26-30-10-2-6-14-34(30)43-33/h1-16,25-28,37-38H,17-24H2. The molecule has 0 aliphatic carbocycles. The van der Waals surface area contributed by atoms with Crippen molar-refractivity contribution >= 4 is 72.6 Å². The van der Waals surface area contributed by atoms with Gasteiger partial charge in [0.25, 0.3) is 0 Å². The SMILES string of the molecule is C1=NCCNCCN=Cc2ccccc2[Se]c2ccccc2C=NCCNCCN=Cc2ccccc2[Se]c2ccccc21. The van der Waals surface area contributed by atoms with E-state index in [0.717, 1.165) is 52.4 Å². The topological polar surface area (TPSA) is 73.5 Å². The predicted octanol–water partition coefficient (Wildman–Crippen LogP) is 1.57. The zero-order valence-electron chi connectivity index (χ0n) is 24.8. The van der Waals surface area contributed by atoms with Gasteiger partial charge in [-0.05, 0) is 0 Å². The summed E-state index contributed by atoms with van der Waals surface area (Å²) in [6.07, 6.45) is 8.09. The molecule has 0 spiro atoms. The van der Waals surface area contributed by atoms with Gasteiger partial charge < -0.3 is 0 Å². The Balaban J connectivity index is 1.28. The predicted molar refractivity (Wildman–Crippen MR) is 191 cm³/mol. The van der Waals surface area contributed by atoms with Crippen LogP contribution in [0.2, 0.25) is 0 Å². The Labute approximate surface area is 273 Å². The molecule has 4 aromatic rings. The quantitative estimate of drug-likeness (QED) is 0.272. The third-order valence-corrected chi connectivity index (χ3v) is 11.7. The van der Waals surface area contributed by atoms with E-state index in [9.17, 15) is 0 Å². The Morgan fingerprint density at radius 3 is 0.886 bits per heavy atom. The van der Waals surface area contributed by atoms with Crippen molar-refractivity contribution in [2.24, 2.45) is 20.0 Å². The van der Waals surface area contributed by atoms with Gasteiger partial charge in [-0.1, -0.05) is 0 Å². The van der Waals surface area contributed by atoms with E-state index >= 15 is 0 Å². The van der Waals surface area contributed by atoms with E-state index in [0.29, 0.717) is 0 Å². The van der Waals surface area contributed by atoms with E-state index in [2.05, 4.69) is 108 Å². The zero-order valence-corrected chi connectivity index (χ0v) is 28.2. The van der Waals surface area contributed by atoms with E-state index in [4.69, 9.17) is 20.0 Å². The number of aliphatic imine (C=N–C) groups is 4. The van der Waals surface area contributed by atoms with Gasteiger partial charge in [0.05, 0.1) is 0 Å². The number of nitrogens with zero attached hydrogens (tertiary/aromatic N) is 4. The van der Waals surface area contributed by atoms with Crippen LogP contribution in [-0.4, -0.2) is 107 Å². The molecule has 1 heterocycles. The van der Waals surface area contributed by atoms with Crippen molar-refractivity contribution in [2.75, 3.05) is 52.4 Å². The van der Waals surface area contributed by atoms with Crippen LogP contribution in [0.1, 0.15) is 22.3 Å². The number of nitrogens with one attached hydrogen (secondary N) is 2. The number of fused-ring (bicyclic) bond motifs is 4. The summed E-state index contributed by atoms with van der Waals surface area (Å²) in [6, 6.07) is 34.3. The van der Waals surface area contributed by atoms with Crippen molar-refractivity contribution in [3.63, 3.8) is 0 Å². The van der Waals surface area contributed by atoms with Crippen LogP contribution in [0.5, 0.6) is 0 Å². The Bertz CT molecular complexity index is 1360. The molecule has 0 amide bonds. The summed E-state index contributed by atoms with van der Waals surface area (Å²) in [5.74, 6) is 0. The first-order valence-corrected chi connectivity index (χ1v) is 18.4. The van der Waals surface area contributed by atoms with Gasteiger partial charge in [0.1, 0.15) is 0 Å². The van der Waals surface area contributed by atoms with Gasteiger partial charge in [-0.15, -0.1) is 0 Å². The maximum atomic E-state index is 4.72. The molecule has 0 bridgehead atoms. The second-order valence-electron chi connectivity index (χ2n) is 10.00. The second kappa shape index (κ2) is 18.4. The average molecular weight is 713 g/mol. The first-order valence-electron chi connectivity index (χ1n) is 15.0. The summed E-state index contributed by atoms with van der Waals surface area (Å²) < 4.78 is 5.30. The first kappa shape index (κ1) is 31.9. The molecule has 0 saturated heterocycles. The molecule has 2 N–H and O–H groups in total. The molecular formula is C36H38N6Se2. The van der Waals surface area contributed by atoms with E-state index < -0.39 is 0 Å². The molecular weight excluding hydrogens is 674 g/mol. The van der Waals surface area contributed by atoms with Gasteiger partial charge in [-0.2, -0.15) is 0 Å². The van der Waals surface area contributed by atoms with Crippen LogP contribution >= 0.6 is 0 Å². The van der Waals surface area contributed by atoms with Gasteiger partial charge in [0.15, 0.2) is 0 Å². The van der Waals surface area contributed by atoms with Crippen LogP contribution in [-0.2, 0) is 0 Å². The van der Waals surface area contributed by atoms with Crippen LogP contribution in [0.3, 0.4) is 0 Å². The summed E-state index contributed by atoms with van der Waals surface area (Å²) in [7, 11) is 0. The van der Waals surface area contributed by atoms with E-state index in [-0.39, 0.29) is 29.9 Å². The minimum absolute atomic E-state index is 0.151. The summed E-state index contributed by atoms with van der Waals surface area (Å²) in [6.45, 7) is 6.23. The van der Waals surface area contributed by atoms with E-state index in [1.807, 2.05) is 24.9 Å². The number of hydrogen-bond donors (Lipinski definition) is 2. The Morgan fingerprint density at radius 1 is 0.364 bits per heavy atom. The molecule has 224 valence electrons. The maximum absolute atomic E-state index is 4.72. The number of benzene rings is 4. The van der Waals surface area contributed by atoms with E-state index in [1.54, 1.807) is 0 Å². The fraction of sp³-hybridized carbons (Fsp3) is 0.222. The minimum atomic E-state index is 0.151. The van der Waals surface area contributed by atoms with Crippen LogP contribution in [0, 0.1) is 0 Å². The molecule has 0 atom stereocenters. The molecule has 6 nitrogen and oxygen atoms in total. The number of hydrogen-bond acceptors (Lipinski definition) is 6. The van der Waals surface area contributed by atoms with Crippen molar-refractivity contribution in [1.29, 1.82) is 0 Å². The van der Waals surface area contributed by atoms with Crippen LogP contribution in [0.15, 0.2) is 117 Å². The fourth-order valence-corrected chi connectivity index (χ4v) is 8.66. The second-order valence-corrected chi connectivity index (χ2v) is 14.5. The molecule has 8 heteroatoms. The average Bonchev–Trinajstić information content (AvgIpc) is 3.05. The normalized spacial score (nSPS) is 15.6. The molecule has 0 unspecified atom stereocenters. The summed E-state index contributed by atoms with van der Waals surface area (Å²) in [5, 5.41) is 6.95. The monoisotopic (exact) mass is 714 g/mol. The third-order valence-electron chi connectivity index (χ3n) is 6.71. The van der Waals surface area contributed by atoms with Gasteiger partial charge >= 0.3 is 275 Å². The molecule has 44 heavy (non-hydrogen) atoms. The van der Waals surface area contributed by atoms with Crippen molar-refractivity contribution < 1.29 is 0 Å².